The van der Waals surface area contributed by atoms with Crippen LogP contribution in [0, 0.1) is 11.7 Å². The van der Waals surface area contributed by atoms with E-state index >= 15 is 4.39 Å². The minimum atomic E-state index is -0.590. The van der Waals surface area contributed by atoms with Gasteiger partial charge in [-0.25, -0.2) is 13.7 Å². The second-order valence-electron chi connectivity index (χ2n) is 10.1. The fourth-order valence-electron chi connectivity index (χ4n) is 4.02. The summed E-state index contributed by atoms with van der Waals surface area (Å²) in [6.07, 6.45) is 5.35. The first-order chi connectivity index (χ1) is 16.6. The Labute approximate surface area is 202 Å². The van der Waals surface area contributed by atoms with Gasteiger partial charge in [0.1, 0.15) is 23.4 Å². The number of likely N-dealkylation sites (tertiary alicyclic amines) is 1. The molecule has 186 valence electrons. The quantitative estimate of drug-likeness (QED) is 0.573. The van der Waals surface area contributed by atoms with E-state index in [1.165, 1.54) is 4.52 Å². The number of carbonyl (C=O) groups is 2. The highest BCUT2D eigenvalue weighted by Crippen LogP contribution is 2.34. The van der Waals surface area contributed by atoms with Gasteiger partial charge in [0, 0.05) is 31.3 Å². The van der Waals surface area contributed by atoms with Crippen LogP contribution in [0.25, 0.3) is 16.8 Å². The first-order valence-electron chi connectivity index (χ1n) is 11.7. The van der Waals surface area contributed by atoms with Crippen molar-refractivity contribution in [2.75, 3.05) is 18.5 Å². The van der Waals surface area contributed by atoms with Crippen molar-refractivity contribution in [1.29, 1.82) is 0 Å². The average molecular weight is 485 g/mol. The van der Waals surface area contributed by atoms with E-state index in [1.54, 1.807) is 41.2 Å². The lowest BCUT2D eigenvalue weighted by Gasteiger charge is -2.40. The number of fused-ring (bicyclic) bond motifs is 1. The topological polar surface area (TPSA) is 103 Å². The normalized spacial score (nSPS) is 17.9. The molecule has 1 atom stereocenters. The number of ether oxygens (including phenoxy) is 2. The van der Waals surface area contributed by atoms with Crippen LogP contribution in [0.15, 0.2) is 24.5 Å². The maximum absolute atomic E-state index is 15.0. The number of pyridine rings is 1. The zero-order valence-corrected chi connectivity index (χ0v) is 20.2. The highest BCUT2D eigenvalue weighted by molar-refractivity contribution is 5.94. The lowest BCUT2D eigenvalue weighted by atomic mass is 10.1. The molecule has 11 heteroatoms. The Hall–Kier alpha value is -3.63. The highest BCUT2D eigenvalue weighted by Gasteiger charge is 2.36. The molecule has 35 heavy (non-hydrogen) atoms. The number of halogens is 1. The molecule has 0 spiro atoms. The Morgan fingerprint density at radius 2 is 2.03 bits per heavy atom. The molecule has 1 saturated carbocycles. The Morgan fingerprint density at radius 3 is 2.69 bits per heavy atom. The molecule has 2 amide bonds. The maximum atomic E-state index is 15.0. The van der Waals surface area contributed by atoms with Gasteiger partial charge >= 0.3 is 6.09 Å². The Bertz CT molecular complexity index is 1290. The number of aromatic nitrogens is 4. The summed E-state index contributed by atoms with van der Waals surface area (Å²) >= 11 is 0. The van der Waals surface area contributed by atoms with Crippen LogP contribution in [-0.2, 0) is 16.6 Å². The highest BCUT2D eigenvalue weighted by atomic mass is 19.1. The van der Waals surface area contributed by atoms with Crippen LogP contribution < -0.4 is 10.1 Å². The van der Waals surface area contributed by atoms with E-state index in [4.69, 9.17) is 9.47 Å². The molecule has 1 N–H and O–H groups in total. The average Bonchev–Trinajstić information content (AvgIpc) is 3.48. The molecule has 2 fully saturated rings. The van der Waals surface area contributed by atoms with Crippen LogP contribution in [0.4, 0.5) is 15.0 Å². The molecule has 5 rings (SSSR count). The van der Waals surface area contributed by atoms with Crippen LogP contribution in [0.5, 0.6) is 5.75 Å². The van der Waals surface area contributed by atoms with Gasteiger partial charge in [0.05, 0.1) is 12.2 Å². The van der Waals surface area contributed by atoms with E-state index in [9.17, 15) is 9.59 Å². The second kappa shape index (κ2) is 8.54. The molecule has 1 aliphatic carbocycles. The zero-order chi connectivity index (χ0) is 24.9. The van der Waals surface area contributed by atoms with Crippen LogP contribution in [0.2, 0.25) is 0 Å². The third kappa shape index (κ3) is 4.67. The van der Waals surface area contributed by atoms with Gasteiger partial charge in [-0.15, -0.1) is 5.10 Å². The van der Waals surface area contributed by atoms with Crippen LogP contribution in [-0.4, -0.2) is 61.1 Å². The third-order valence-electron chi connectivity index (χ3n) is 6.15. The number of aryl methyl sites for hydroxylation is 1. The second-order valence-corrected chi connectivity index (χ2v) is 10.1. The third-order valence-corrected chi connectivity index (χ3v) is 6.15. The van der Waals surface area contributed by atoms with Gasteiger partial charge in [0.15, 0.2) is 17.4 Å². The van der Waals surface area contributed by atoms with Crippen molar-refractivity contribution >= 4 is 23.3 Å². The molecule has 3 aromatic heterocycles. The van der Waals surface area contributed by atoms with Gasteiger partial charge in [0.25, 0.3) is 0 Å². The van der Waals surface area contributed by atoms with Gasteiger partial charge in [-0.1, -0.05) is 0 Å². The maximum Gasteiger partial charge on any atom is 0.410 e. The minimum absolute atomic E-state index is 0.0502. The largest absolute Gasteiger partial charge is 0.487 e. The number of carbonyl (C=O) groups excluding carboxylic acids is 2. The predicted octanol–water partition coefficient (Wildman–Crippen LogP) is 3.61. The van der Waals surface area contributed by atoms with Crippen LogP contribution in [0.1, 0.15) is 40.0 Å². The number of rotatable bonds is 6. The number of hydrogen-bond donors (Lipinski definition) is 1. The van der Waals surface area contributed by atoms with E-state index in [0.29, 0.717) is 30.2 Å². The summed E-state index contributed by atoms with van der Waals surface area (Å²) in [7, 11) is 1.77. The molecule has 10 nitrogen and oxygen atoms in total. The molecule has 1 saturated heterocycles. The van der Waals surface area contributed by atoms with Crippen molar-refractivity contribution in [3.63, 3.8) is 0 Å². The molecular formula is C24H29FN6O4. The fourth-order valence-corrected chi connectivity index (χ4v) is 4.02. The zero-order valence-electron chi connectivity index (χ0n) is 20.2. The molecule has 1 aliphatic heterocycles. The Balaban J connectivity index is 1.32. The summed E-state index contributed by atoms with van der Waals surface area (Å²) < 4.78 is 29.6. The molecule has 3 aromatic rings. The number of hydrogen-bond acceptors (Lipinski definition) is 6. The summed E-state index contributed by atoms with van der Waals surface area (Å²) in [5.74, 6) is -0.395. The number of nitrogens with zero attached hydrogens (tertiary/aromatic N) is 5. The molecule has 0 bridgehead atoms. The van der Waals surface area contributed by atoms with Gasteiger partial charge in [-0.2, -0.15) is 5.10 Å². The minimum Gasteiger partial charge on any atom is -0.487 e. The van der Waals surface area contributed by atoms with E-state index in [-0.39, 0.29) is 35.3 Å². The van der Waals surface area contributed by atoms with Crippen LogP contribution >= 0.6 is 0 Å². The van der Waals surface area contributed by atoms with Crippen molar-refractivity contribution in [2.24, 2.45) is 13.0 Å². The van der Waals surface area contributed by atoms with Gasteiger partial charge in [-0.3, -0.25) is 9.48 Å². The Morgan fingerprint density at radius 1 is 1.26 bits per heavy atom. The summed E-state index contributed by atoms with van der Waals surface area (Å²) in [6, 6.07) is 3.34. The molecule has 2 aliphatic rings. The van der Waals surface area contributed by atoms with E-state index in [0.717, 1.165) is 19.3 Å². The lowest BCUT2D eigenvalue weighted by Crippen LogP contribution is -2.55. The van der Waals surface area contributed by atoms with Crippen molar-refractivity contribution in [3.8, 4) is 17.0 Å². The number of anilines is 1. The molecule has 0 unspecified atom stereocenters. The van der Waals surface area contributed by atoms with Crippen molar-refractivity contribution in [1.82, 2.24) is 24.3 Å². The van der Waals surface area contributed by atoms with Gasteiger partial charge in [-0.05, 0) is 52.2 Å². The van der Waals surface area contributed by atoms with E-state index in [2.05, 4.69) is 15.5 Å². The lowest BCUT2D eigenvalue weighted by molar-refractivity contribution is -0.117. The molecule has 4 heterocycles. The Kier molecular flexibility index (Phi) is 5.65. The first-order valence-corrected chi connectivity index (χ1v) is 11.7. The SMILES string of the molecule is Cn1ncc(OC[C@H]2CCN2C(=O)OC(C)(C)C)c1-c1ccn2nc(NC(=O)C3CC3)c(F)c2c1. The van der Waals surface area contributed by atoms with Crippen molar-refractivity contribution in [2.45, 2.75) is 51.7 Å². The fraction of sp³-hybridized carbons (Fsp3) is 0.500. The molecule has 0 radical (unpaired) electrons. The van der Waals surface area contributed by atoms with Crippen molar-refractivity contribution < 1.29 is 23.5 Å². The molecular weight excluding hydrogens is 455 g/mol. The standard InChI is InChI=1S/C24H29FN6O4/c1-24(2,3)35-23(33)30-9-8-16(30)13-34-18-12-26-29(4)20(18)15-7-10-31-17(11-15)19(25)21(28-31)27-22(32)14-5-6-14/h7,10-12,14,16H,5-6,8-9,13H2,1-4H3,(H,27,28,32)/t16-/m1/s1. The smallest absolute Gasteiger partial charge is 0.410 e. The predicted molar refractivity (Wildman–Crippen MR) is 126 cm³/mol. The first kappa shape index (κ1) is 23.1. The van der Waals surface area contributed by atoms with Crippen LogP contribution in [0.3, 0.4) is 0 Å². The van der Waals surface area contributed by atoms with E-state index < -0.39 is 11.4 Å². The summed E-state index contributed by atoms with van der Waals surface area (Å²) in [6.45, 7) is 6.42. The monoisotopic (exact) mass is 484 g/mol. The number of amides is 2. The van der Waals surface area contributed by atoms with Gasteiger partial charge in [0.2, 0.25) is 5.91 Å². The van der Waals surface area contributed by atoms with Crippen molar-refractivity contribution in [3.05, 3.63) is 30.3 Å². The summed E-state index contributed by atoms with van der Waals surface area (Å²) in [5.41, 5.74) is 1.02. The molecule has 0 aromatic carbocycles. The van der Waals surface area contributed by atoms with Gasteiger partial charge < -0.3 is 19.7 Å². The summed E-state index contributed by atoms with van der Waals surface area (Å²) in [5, 5.41) is 11.0. The summed E-state index contributed by atoms with van der Waals surface area (Å²) in [4.78, 5) is 26.1. The van der Waals surface area contributed by atoms with E-state index in [1.807, 2.05) is 20.8 Å². The number of nitrogens with one attached hydrogen (secondary N) is 1.